The van der Waals surface area contributed by atoms with Crippen molar-refractivity contribution < 1.29 is 13.6 Å². The van der Waals surface area contributed by atoms with Crippen LogP contribution >= 0.6 is 12.4 Å². The zero-order chi connectivity index (χ0) is 17.0. The van der Waals surface area contributed by atoms with Crippen LogP contribution in [0.2, 0.25) is 0 Å². The van der Waals surface area contributed by atoms with Gasteiger partial charge < -0.3 is 10.6 Å². The van der Waals surface area contributed by atoms with Gasteiger partial charge in [0.05, 0.1) is 6.04 Å². The molecule has 1 saturated carbocycles. The van der Waals surface area contributed by atoms with Gasteiger partial charge in [0.2, 0.25) is 5.91 Å². The molecule has 0 saturated heterocycles. The van der Waals surface area contributed by atoms with E-state index in [-0.39, 0.29) is 29.8 Å². The highest BCUT2D eigenvalue weighted by Crippen LogP contribution is 2.39. The molecule has 0 aromatic heterocycles. The average molecular weight is 361 g/mol. The van der Waals surface area contributed by atoms with Gasteiger partial charge in [-0.25, -0.2) is 8.78 Å². The number of hydrogen-bond acceptors (Lipinski definition) is 2. The fraction of sp³-hybridized carbons (Fsp3) is 0.611. The molecule has 1 aliphatic carbocycles. The summed E-state index contributed by atoms with van der Waals surface area (Å²) in [6.45, 7) is 2.34. The Labute approximate surface area is 149 Å². The first-order chi connectivity index (χ1) is 10.9. The highest BCUT2D eigenvalue weighted by atomic mass is 35.5. The van der Waals surface area contributed by atoms with E-state index in [2.05, 4.69) is 0 Å². The highest BCUT2D eigenvalue weighted by molar-refractivity contribution is 5.85. The summed E-state index contributed by atoms with van der Waals surface area (Å²) in [6.07, 6.45) is 5.84. The summed E-state index contributed by atoms with van der Waals surface area (Å²) in [4.78, 5) is 14.3. The summed E-state index contributed by atoms with van der Waals surface area (Å²) in [5.74, 6) is -1.75. The van der Waals surface area contributed by atoms with Crippen molar-refractivity contribution in [3.63, 3.8) is 0 Å². The first-order valence-corrected chi connectivity index (χ1v) is 8.29. The third-order valence-electron chi connectivity index (χ3n) is 5.27. The monoisotopic (exact) mass is 360 g/mol. The van der Waals surface area contributed by atoms with Gasteiger partial charge >= 0.3 is 0 Å². The van der Waals surface area contributed by atoms with E-state index in [1.807, 2.05) is 6.92 Å². The van der Waals surface area contributed by atoms with E-state index in [4.69, 9.17) is 5.73 Å². The maximum atomic E-state index is 13.4. The van der Waals surface area contributed by atoms with E-state index in [9.17, 15) is 13.6 Å². The Morgan fingerprint density at radius 3 is 2.42 bits per heavy atom. The maximum absolute atomic E-state index is 13.4. The zero-order valence-corrected chi connectivity index (χ0v) is 15.2. The van der Waals surface area contributed by atoms with Crippen LogP contribution in [0.25, 0.3) is 0 Å². The molecular formula is C18H27ClF2N2O. The molecule has 0 spiro atoms. The van der Waals surface area contributed by atoms with E-state index in [1.165, 1.54) is 12.5 Å². The average Bonchev–Trinajstić information content (AvgIpc) is 2.56. The van der Waals surface area contributed by atoms with E-state index in [0.717, 1.165) is 37.8 Å². The number of nitrogens with two attached hydrogens (primary N) is 1. The number of amides is 1. The minimum Gasteiger partial charge on any atom is -0.339 e. The van der Waals surface area contributed by atoms with E-state index >= 15 is 0 Å². The van der Waals surface area contributed by atoms with Gasteiger partial charge in [-0.1, -0.05) is 25.3 Å². The number of halogens is 3. The second-order valence-corrected chi connectivity index (χ2v) is 6.80. The number of carbonyl (C=O) groups excluding carboxylic acids is 1. The van der Waals surface area contributed by atoms with Crippen LogP contribution < -0.4 is 5.73 Å². The molecule has 24 heavy (non-hydrogen) atoms. The highest BCUT2D eigenvalue weighted by Gasteiger charge is 2.34. The van der Waals surface area contributed by atoms with Gasteiger partial charge in [0.15, 0.2) is 11.6 Å². The molecule has 0 radical (unpaired) electrons. The molecule has 6 heteroatoms. The van der Waals surface area contributed by atoms with Crippen molar-refractivity contribution in [2.45, 2.75) is 51.5 Å². The SMILES string of the molecule is CC(c1ccc(F)c(F)c1)N(C)C(=O)CC1(CN)CCCCC1.Cl. The molecule has 1 atom stereocenters. The van der Waals surface area contributed by atoms with Crippen LogP contribution in [-0.4, -0.2) is 24.4 Å². The Morgan fingerprint density at radius 2 is 1.88 bits per heavy atom. The lowest BCUT2D eigenvalue weighted by Gasteiger charge is -2.37. The summed E-state index contributed by atoms with van der Waals surface area (Å²) in [6, 6.07) is 3.47. The predicted octanol–water partition coefficient (Wildman–Crippen LogP) is 4.21. The van der Waals surface area contributed by atoms with Crippen LogP contribution in [0.3, 0.4) is 0 Å². The van der Waals surface area contributed by atoms with Crippen LogP contribution in [-0.2, 0) is 4.79 Å². The van der Waals surface area contributed by atoms with Crippen molar-refractivity contribution in [3.8, 4) is 0 Å². The minimum atomic E-state index is -0.888. The fourth-order valence-electron chi connectivity index (χ4n) is 3.41. The quantitative estimate of drug-likeness (QED) is 0.855. The number of nitrogens with zero attached hydrogens (tertiary/aromatic N) is 1. The van der Waals surface area contributed by atoms with E-state index in [1.54, 1.807) is 11.9 Å². The number of carbonyl (C=O) groups is 1. The first kappa shape index (κ1) is 20.8. The summed E-state index contributed by atoms with van der Waals surface area (Å²) in [5, 5.41) is 0. The minimum absolute atomic E-state index is 0. The normalized spacial score (nSPS) is 17.7. The second kappa shape index (κ2) is 8.77. The van der Waals surface area contributed by atoms with Gasteiger partial charge in [-0.3, -0.25) is 4.79 Å². The molecule has 1 fully saturated rings. The van der Waals surface area contributed by atoms with Gasteiger partial charge in [-0.05, 0) is 49.4 Å². The molecule has 3 nitrogen and oxygen atoms in total. The van der Waals surface area contributed by atoms with Gasteiger partial charge in [0, 0.05) is 13.5 Å². The van der Waals surface area contributed by atoms with Gasteiger partial charge in [0.1, 0.15) is 0 Å². The largest absolute Gasteiger partial charge is 0.339 e. The number of benzene rings is 1. The molecule has 1 aliphatic rings. The van der Waals surface area contributed by atoms with Crippen LogP contribution in [0.4, 0.5) is 8.78 Å². The molecule has 0 heterocycles. The zero-order valence-electron chi connectivity index (χ0n) is 14.4. The molecule has 136 valence electrons. The van der Waals surface area contributed by atoms with Crippen molar-refractivity contribution in [2.24, 2.45) is 11.1 Å². The van der Waals surface area contributed by atoms with E-state index < -0.39 is 11.6 Å². The third kappa shape index (κ3) is 4.67. The Balaban J connectivity index is 0.00000288. The summed E-state index contributed by atoms with van der Waals surface area (Å²) in [5.41, 5.74) is 6.44. The first-order valence-electron chi connectivity index (χ1n) is 8.29. The van der Waals surface area contributed by atoms with Gasteiger partial charge in [0.25, 0.3) is 0 Å². The maximum Gasteiger partial charge on any atom is 0.223 e. The molecule has 2 rings (SSSR count). The smallest absolute Gasteiger partial charge is 0.223 e. The topological polar surface area (TPSA) is 46.3 Å². The van der Waals surface area contributed by atoms with Crippen molar-refractivity contribution >= 4 is 18.3 Å². The Kier molecular flexibility index (Phi) is 7.61. The molecule has 0 bridgehead atoms. The van der Waals surface area contributed by atoms with Crippen molar-refractivity contribution in [1.29, 1.82) is 0 Å². The lowest BCUT2D eigenvalue weighted by atomic mass is 9.71. The molecule has 1 aromatic carbocycles. The van der Waals surface area contributed by atoms with E-state index in [0.29, 0.717) is 18.5 Å². The third-order valence-corrected chi connectivity index (χ3v) is 5.27. The molecule has 1 unspecified atom stereocenters. The van der Waals surface area contributed by atoms with Crippen LogP contribution in [0.15, 0.2) is 18.2 Å². The van der Waals surface area contributed by atoms with Crippen molar-refractivity contribution in [2.75, 3.05) is 13.6 Å². The summed E-state index contributed by atoms with van der Waals surface area (Å²) >= 11 is 0. The molecular weight excluding hydrogens is 334 g/mol. The summed E-state index contributed by atoms with van der Waals surface area (Å²) in [7, 11) is 1.71. The lowest BCUT2D eigenvalue weighted by Crippen LogP contribution is -2.40. The molecule has 1 amide bonds. The van der Waals surface area contributed by atoms with Crippen LogP contribution in [0.5, 0.6) is 0 Å². The number of hydrogen-bond donors (Lipinski definition) is 1. The molecule has 1 aromatic rings. The standard InChI is InChI=1S/C18H26F2N2O.ClH/c1-13(14-6-7-15(19)16(20)10-14)22(2)17(23)11-18(12-21)8-4-3-5-9-18;/h6-7,10,13H,3-5,8-9,11-12,21H2,1-2H3;1H. The van der Waals surface area contributed by atoms with Crippen molar-refractivity contribution in [1.82, 2.24) is 4.90 Å². The fourth-order valence-corrected chi connectivity index (χ4v) is 3.41. The second-order valence-electron chi connectivity index (χ2n) is 6.80. The summed E-state index contributed by atoms with van der Waals surface area (Å²) < 4.78 is 26.5. The van der Waals surface area contributed by atoms with Crippen molar-refractivity contribution in [3.05, 3.63) is 35.4 Å². The Morgan fingerprint density at radius 1 is 1.25 bits per heavy atom. The Hall–Kier alpha value is -1.20. The predicted molar refractivity (Wildman–Crippen MR) is 94.0 cm³/mol. The molecule has 0 aliphatic heterocycles. The van der Waals surface area contributed by atoms with Crippen LogP contribution in [0.1, 0.15) is 57.1 Å². The van der Waals surface area contributed by atoms with Crippen LogP contribution in [0, 0.1) is 17.0 Å². The lowest BCUT2D eigenvalue weighted by molar-refractivity contribution is -0.134. The Bertz CT molecular complexity index is 562. The number of rotatable bonds is 5. The van der Waals surface area contributed by atoms with Gasteiger partial charge in [-0.2, -0.15) is 0 Å². The van der Waals surface area contributed by atoms with Gasteiger partial charge in [-0.15, -0.1) is 12.4 Å². The molecule has 2 N–H and O–H groups in total.